The highest BCUT2D eigenvalue weighted by Crippen LogP contribution is 2.35. The Labute approximate surface area is 110 Å². The Bertz CT molecular complexity index is 269. The van der Waals surface area contributed by atoms with Gasteiger partial charge in [-0.15, -0.1) is 0 Å². The largest absolute Gasteiger partial charge is 0.383 e. The molecular weight excluding hydrogens is 228 g/mol. The molecule has 104 valence electrons. The maximum absolute atomic E-state index is 12.2. The van der Waals surface area contributed by atoms with Gasteiger partial charge in [0.1, 0.15) is 0 Å². The van der Waals surface area contributed by atoms with Crippen molar-refractivity contribution in [3.63, 3.8) is 0 Å². The summed E-state index contributed by atoms with van der Waals surface area (Å²) in [5, 5.41) is 3.16. The zero-order valence-electron chi connectivity index (χ0n) is 11.5. The van der Waals surface area contributed by atoms with Crippen molar-refractivity contribution in [2.24, 2.45) is 5.92 Å². The van der Waals surface area contributed by atoms with Gasteiger partial charge in [0.2, 0.25) is 5.91 Å². The average molecular weight is 254 g/mol. The molecule has 18 heavy (non-hydrogen) atoms. The van der Waals surface area contributed by atoms with Gasteiger partial charge in [-0.05, 0) is 31.6 Å². The smallest absolute Gasteiger partial charge is 0.236 e. The van der Waals surface area contributed by atoms with Crippen LogP contribution in [0.1, 0.15) is 38.5 Å². The molecule has 1 heterocycles. The molecule has 0 spiro atoms. The Kier molecular flexibility index (Phi) is 5.45. The molecule has 0 aromatic rings. The Morgan fingerprint density at radius 3 is 2.89 bits per heavy atom. The van der Waals surface area contributed by atoms with Crippen molar-refractivity contribution in [3.05, 3.63) is 0 Å². The molecule has 0 aromatic heterocycles. The van der Waals surface area contributed by atoms with Gasteiger partial charge in [0.25, 0.3) is 0 Å². The lowest BCUT2D eigenvalue weighted by Crippen LogP contribution is -2.52. The average Bonchev–Trinajstić information content (AvgIpc) is 2.43. The van der Waals surface area contributed by atoms with Crippen molar-refractivity contribution < 1.29 is 9.53 Å². The second-order valence-electron chi connectivity index (χ2n) is 5.51. The van der Waals surface area contributed by atoms with Gasteiger partial charge >= 0.3 is 0 Å². The van der Waals surface area contributed by atoms with Crippen LogP contribution in [0, 0.1) is 5.92 Å². The fraction of sp³-hybridized carbons (Fsp3) is 0.929. The number of ether oxygens (including phenoxy) is 1. The number of methoxy groups -OCH3 is 1. The summed E-state index contributed by atoms with van der Waals surface area (Å²) in [5.74, 6) is 1.05. The summed E-state index contributed by atoms with van der Waals surface area (Å²) in [6, 6.07) is 0.532. The molecule has 2 atom stereocenters. The van der Waals surface area contributed by atoms with E-state index in [4.69, 9.17) is 4.74 Å². The lowest BCUT2D eigenvalue weighted by Gasteiger charge is -2.44. The third-order valence-electron chi connectivity index (χ3n) is 4.32. The van der Waals surface area contributed by atoms with Crippen LogP contribution in [0.5, 0.6) is 0 Å². The SMILES string of the molecule is COCCNCC(=O)N1CCCC2CCCCC21. The molecule has 1 amide bonds. The molecule has 2 unspecified atom stereocenters. The summed E-state index contributed by atoms with van der Waals surface area (Å²) in [6.07, 6.45) is 7.70. The van der Waals surface area contributed by atoms with E-state index in [2.05, 4.69) is 10.2 Å². The zero-order chi connectivity index (χ0) is 12.8. The number of likely N-dealkylation sites (tertiary alicyclic amines) is 1. The van der Waals surface area contributed by atoms with Crippen molar-refractivity contribution >= 4 is 5.91 Å². The molecule has 4 nitrogen and oxygen atoms in total. The second kappa shape index (κ2) is 7.10. The minimum Gasteiger partial charge on any atom is -0.383 e. The maximum atomic E-state index is 12.2. The van der Waals surface area contributed by atoms with Crippen molar-refractivity contribution in [3.8, 4) is 0 Å². The standard InChI is InChI=1S/C14H26N2O2/c1-18-10-8-15-11-14(17)16-9-4-6-12-5-2-3-7-13(12)16/h12-13,15H,2-11H2,1H3. The summed E-state index contributed by atoms with van der Waals surface area (Å²) in [6.45, 7) is 2.85. The molecule has 0 bridgehead atoms. The summed E-state index contributed by atoms with van der Waals surface area (Å²) >= 11 is 0. The highest BCUT2D eigenvalue weighted by molar-refractivity contribution is 5.78. The van der Waals surface area contributed by atoms with Crippen LogP contribution in [0.4, 0.5) is 0 Å². The summed E-state index contributed by atoms with van der Waals surface area (Å²) in [4.78, 5) is 14.4. The molecule has 1 saturated heterocycles. The van der Waals surface area contributed by atoms with E-state index in [-0.39, 0.29) is 5.91 Å². The molecule has 2 aliphatic rings. The fourth-order valence-electron chi connectivity index (χ4n) is 3.41. The van der Waals surface area contributed by atoms with Gasteiger partial charge in [-0.3, -0.25) is 4.79 Å². The van der Waals surface area contributed by atoms with Crippen LogP contribution in [0.15, 0.2) is 0 Å². The van der Waals surface area contributed by atoms with E-state index in [9.17, 15) is 4.79 Å². The number of fused-ring (bicyclic) bond motifs is 1. The fourth-order valence-corrected chi connectivity index (χ4v) is 3.41. The first-order valence-electron chi connectivity index (χ1n) is 7.32. The first-order chi connectivity index (χ1) is 8.83. The molecule has 1 aliphatic heterocycles. The Balaban J connectivity index is 1.80. The van der Waals surface area contributed by atoms with Crippen molar-refractivity contribution in [1.82, 2.24) is 10.2 Å². The normalized spacial score (nSPS) is 27.9. The van der Waals surface area contributed by atoms with Gasteiger partial charge in [-0.25, -0.2) is 0 Å². The Hall–Kier alpha value is -0.610. The number of nitrogens with zero attached hydrogens (tertiary/aromatic N) is 1. The van der Waals surface area contributed by atoms with E-state index in [0.717, 1.165) is 19.0 Å². The number of carbonyl (C=O) groups excluding carboxylic acids is 1. The summed E-state index contributed by atoms with van der Waals surface area (Å²) in [5.41, 5.74) is 0. The number of nitrogens with one attached hydrogen (secondary N) is 1. The quantitative estimate of drug-likeness (QED) is 0.754. The highest BCUT2D eigenvalue weighted by Gasteiger charge is 2.35. The minimum atomic E-state index is 0.280. The van der Waals surface area contributed by atoms with Crippen LogP contribution in [0.3, 0.4) is 0 Å². The molecule has 1 saturated carbocycles. The van der Waals surface area contributed by atoms with Crippen molar-refractivity contribution in [2.75, 3.05) is 33.4 Å². The van der Waals surface area contributed by atoms with E-state index in [1.165, 1.54) is 38.5 Å². The lowest BCUT2D eigenvalue weighted by molar-refractivity contribution is -0.136. The lowest BCUT2D eigenvalue weighted by atomic mass is 9.78. The van der Waals surface area contributed by atoms with Gasteiger partial charge in [0, 0.05) is 26.2 Å². The summed E-state index contributed by atoms with van der Waals surface area (Å²) in [7, 11) is 1.68. The van der Waals surface area contributed by atoms with E-state index in [1.807, 2.05) is 0 Å². The van der Waals surface area contributed by atoms with Gasteiger partial charge in [0.15, 0.2) is 0 Å². The van der Waals surface area contributed by atoms with Gasteiger partial charge in [-0.2, -0.15) is 0 Å². The Morgan fingerprint density at radius 1 is 1.28 bits per heavy atom. The van der Waals surface area contributed by atoms with Crippen LogP contribution >= 0.6 is 0 Å². The van der Waals surface area contributed by atoms with E-state index in [1.54, 1.807) is 7.11 Å². The van der Waals surface area contributed by atoms with Crippen molar-refractivity contribution in [2.45, 2.75) is 44.6 Å². The third kappa shape index (κ3) is 3.45. The van der Waals surface area contributed by atoms with Gasteiger partial charge in [0.05, 0.1) is 13.2 Å². The molecule has 1 aliphatic carbocycles. The first-order valence-corrected chi connectivity index (χ1v) is 7.32. The number of rotatable bonds is 5. The number of carbonyl (C=O) groups is 1. The van der Waals surface area contributed by atoms with Crippen LogP contribution in [-0.4, -0.2) is 50.2 Å². The van der Waals surface area contributed by atoms with E-state index >= 15 is 0 Å². The number of hydrogen-bond donors (Lipinski definition) is 1. The number of piperidine rings is 1. The van der Waals surface area contributed by atoms with Crippen LogP contribution < -0.4 is 5.32 Å². The van der Waals surface area contributed by atoms with Crippen LogP contribution in [-0.2, 0) is 9.53 Å². The molecule has 0 aromatic carbocycles. The minimum absolute atomic E-state index is 0.280. The molecular formula is C14H26N2O2. The molecule has 2 fully saturated rings. The number of hydrogen-bond acceptors (Lipinski definition) is 3. The van der Waals surface area contributed by atoms with E-state index < -0.39 is 0 Å². The Morgan fingerprint density at radius 2 is 2.06 bits per heavy atom. The summed E-state index contributed by atoms with van der Waals surface area (Å²) < 4.78 is 4.97. The molecule has 0 radical (unpaired) electrons. The maximum Gasteiger partial charge on any atom is 0.236 e. The van der Waals surface area contributed by atoms with Gasteiger partial charge in [-0.1, -0.05) is 12.8 Å². The zero-order valence-corrected chi connectivity index (χ0v) is 11.5. The van der Waals surface area contributed by atoms with Crippen LogP contribution in [0.2, 0.25) is 0 Å². The first kappa shape index (κ1) is 13.8. The topological polar surface area (TPSA) is 41.6 Å². The highest BCUT2D eigenvalue weighted by atomic mass is 16.5. The van der Waals surface area contributed by atoms with Crippen LogP contribution in [0.25, 0.3) is 0 Å². The van der Waals surface area contributed by atoms with Crippen molar-refractivity contribution in [1.29, 1.82) is 0 Å². The molecule has 1 N–H and O–H groups in total. The predicted octanol–water partition coefficient (Wildman–Crippen LogP) is 1.40. The number of amides is 1. The second-order valence-corrected chi connectivity index (χ2v) is 5.51. The molecule has 4 heteroatoms. The molecule has 2 rings (SSSR count). The predicted molar refractivity (Wildman–Crippen MR) is 71.4 cm³/mol. The monoisotopic (exact) mass is 254 g/mol. The van der Waals surface area contributed by atoms with Gasteiger partial charge < -0.3 is 15.0 Å². The van der Waals surface area contributed by atoms with E-state index in [0.29, 0.717) is 19.2 Å². The third-order valence-corrected chi connectivity index (χ3v) is 4.32.